The number of fused-ring (bicyclic) bond motifs is 1. The SMILES string of the molecule is CN(C)C(=O)OCC(=O)N1CCc2nn(-c3cccnc3)cc2C1. The first-order valence-corrected chi connectivity index (χ1v) is 7.64. The van der Waals surface area contributed by atoms with Crippen LogP contribution in [0.3, 0.4) is 0 Å². The molecule has 0 saturated carbocycles. The van der Waals surface area contributed by atoms with E-state index in [4.69, 9.17) is 4.74 Å². The van der Waals surface area contributed by atoms with Gasteiger partial charge in [-0.1, -0.05) is 0 Å². The molecule has 2 aromatic heterocycles. The summed E-state index contributed by atoms with van der Waals surface area (Å²) in [5.41, 5.74) is 2.86. The second-order valence-corrected chi connectivity index (χ2v) is 5.77. The fourth-order valence-electron chi connectivity index (χ4n) is 2.49. The molecule has 0 fully saturated rings. The summed E-state index contributed by atoms with van der Waals surface area (Å²) in [6, 6.07) is 3.78. The van der Waals surface area contributed by atoms with E-state index < -0.39 is 6.09 Å². The van der Waals surface area contributed by atoms with E-state index in [9.17, 15) is 9.59 Å². The van der Waals surface area contributed by atoms with E-state index in [0.717, 1.165) is 16.9 Å². The number of pyridine rings is 1. The molecule has 0 spiro atoms. The van der Waals surface area contributed by atoms with Gasteiger partial charge in [0.2, 0.25) is 0 Å². The highest BCUT2D eigenvalue weighted by Gasteiger charge is 2.24. The fourth-order valence-corrected chi connectivity index (χ4v) is 2.49. The second-order valence-electron chi connectivity index (χ2n) is 5.77. The van der Waals surface area contributed by atoms with Crippen molar-refractivity contribution in [3.63, 3.8) is 0 Å². The Morgan fingerprint density at radius 1 is 1.38 bits per heavy atom. The highest BCUT2D eigenvalue weighted by Crippen LogP contribution is 2.19. The molecule has 0 atom stereocenters. The highest BCUT2D eigenvalue weighted by atomic mass is 16.6. The standard InChI is InChI=1S/C16H19N5O3/c1-19(2)16(23)24-11-15(22)20-7-5-14-12(9-20)10-21(18-14)13-4-3-6-17-8-13/h3-4,6,8,10H,5,7,9,11H2,1-2H3. The van der Waals surface area contributed by atoms with Crippen LogP contribution in [0.15, 0.2) is 30.7 Å². The van der Waals surface area contributed by atoms with Crippen LogP contribution in [0.1, 0.15) is 11.3 Å². The molecule has 1 aliphatic rings. The second kappa shape index (κ2) is 6.69. The maximum absolute atomic E-state index is 12.2. The lowest BCUT2D eigenvalue weighted by atomic mass is 10.1. The number of hydrogen-bond acceptors (Lipinski definition) is 5. The van der Waals surface area contributed by atoms with Crippen LogP contribution in [-0.2, 0) is 22.5 Å². The molecule has 0 radical (unpaired) electrons. The average Bonchev–Trinajstić information content (AvgIpc) is 3.03. The molecule has 24 heavy (non-hydrogen) atoms. The molecule has 2 aromatic rings. The first kappa shape index (κ1) is 16.0. The summed E-state index contributed by atoms with van der Waals surface area (Å²) in [6.07, 6.45) is 5.52. The number of carbonyl (C=O) groups is 2. The van der Waals surface area contributed by atoms with Gasteiger partial charge in [-0.25, -0.2) is 9.48 Å². The number of nitrogens with zero attached hydrogens (tertiary/aromatic N) is 5. The Morgan fingerprint density at radius 2 is 2.21 bits per heavy atom. The van der Waals surface area contributed by atoms with Crippen LogP contribution >= 0.6 is 0 Å². The van der Waals surface area contributed by atoms with Crippen molar-refractivity contribution >= 4 is 12.0 Å². The minimum absolute atomic E-state index is 0.204. The van der Waals surface area contributed by atoms with Crippen molar-refractivity contribution in [3.05, 3.63) is 42.0 Å². The Morgan fingerprint density at radius 3 is 2.92 bits per heavy atom. The molecule has 2 amide bonds. The van der Waals surface area contributed by atoms with Crippen molar-refractivity contribution in [2.45, 2.75) is 13.0 Å². The number of ether oxygens (including phenoxy) is 1. The molecule has 3 rings (SSSR count). The average molecular weight is 329 g/mol. The van der Waals surface area contributed by atoms with Crippen LogP contribution in [0.25, 0.3) is 5.69 Å². The molecule has 0 aromatic carbocycles. The molecule has 0 N–H and O–H groups in total. The zero-order chi connectivity index (χ0) is 17.1. The van der Waals surface area contributed by atoms with Gasteiger partial charge in [-0.2, -0.15) is 5.10 Å². The summed E-state index contributed by atoms with van der Waals surface area (Å²) in [6.45, 7) is 0.784. The third-order valence-electron chi connectivity index (χ3n) is 3.80. The van der Waals surface area contributed by atoms with Crippen molar-refractivity contribution in [2.75, 3.05) is 27.2 Å². The van der Waals surface area contributed by atoms with E-state index in [1.165, 1.54) is 4.90 Å². The Kier molecular flexibility index (Phi) is 4.45. The lowest BCUT2D eigenvalue weighted by Gasteiger charge is -2.26. The minimum Gasteiger partial charge on any atom is -0.439 e. The zero-order valence-electron chi connectivity index (χ0n) is 13.7. The molecule has 0 unspecified atom stereocenters. The molecule has 3 heterocycles. The predicted molar refractivity (Wildman–Crippen MR) is 85.5 cm³/mol. The van der Waals surface area contributed by atoms with Gasteiger partial charge in [-0.05, 0) is 12.1 Å². The van der Waals surface area contributed by atoms with E-state index >= 15 is 0 Å². The van der Waals surface area contributed by atoms with Crippen LogP contribution in [0.5, 0.6) is 0 Å². The topological polar surface area (TPSA) is 80.6 Å². The molecule has 0 bridgehead atoms. The van der Waals surface area contributed by atoms with Crippen molar-refractivity contribution in [3.8, 4) is 5.69 Å². The van der Waals surface area contributed by atoms with Gasteiger partial charge in [0.25, 0.3) is 5.91 Å². The molecule has 1 aliphatic heterocycles. The molecule has 8 nitrogen and oxygen atoms in total. The van der Waals surface area contributed by atoms with E-state index in [2.05, 4.69) is 10.1 Å². The first-order chi connectivity index (χ1) is 11.5. The quantitative estimate of drug-likeness (QED) is 0.834. The number of hydrogen-bond donors (Lipinski definition) is 0. The van der Waals surface area contributed by atoms with Gasteiger partial charge in [0.15, 0.2) is 6.61 Å². The van der Waals surface area contributed by atoms with E-state index in [-0.39, 0.29) is 12.5 Å². The van der Waals surface area contributed by atoms with Gasteiger partial charge >= 0.3 is 6.09 Å². The summed E-state index contributed by atoms with van der Waals surface area (Å²) in [4.78, 5) is 30.7. The Hall–Kier alpha value is -2.90. The smallest absolute Gasteiger partial charge is 0.409 e. The molecule has 8 heteroatoms. The first-order valence-electron chi connectivity index (χ1n) is 7.64. The zero-order valence-corrected chi connectivity index (χ0v) is 13.7. The van der Waals surface area contributed by atoms with Gasteiger partial charge in [0.1, 0.15) is 0 Å². The number of aromatic nitrogens is 3. The fraction of sp³-hybridized carbons (Fsp3) is 0.375. The molecule has 126 valence electrons. The van der Waals surface area contributed by atoms with E-state index in [0.29, 0.717) is 19.5 Å². The number of carbonyl (C=O) groups excluding carboxylic acids is 2. The summed E-state index contributed by atoms with van der Waals surface area (Å²) in [5, 5.41) is 4.56. The summed E-state index contributed by atoms with van der Waals surface area (Å²) < 4.78 is 6.72. The molecular formula is C16H19N5O3. The van der Waals surface area contributed by atoms with Gasteiger partial charge in [0.05, 0.1) is 17.6 Å². The summed E-state index contributed by atoms with van der Waals surface area (Å²) in [5.74, 6) is -0.204. The Bertz CT molecular complexity index is 741. The maximum Gasteiger partial charge on any atom is 0.409 e. The van der Waals surface area contributed by atoms with Gasteiger partial charge in [-0.3, -0.25) is 9.78 Å². The van der Waals surface area contributed by atoms with E-state index in [1.807, 2.05) is 18.3 Å². The van der Waals surface area contributed by atoms with Crippen LogP contribution in [0, 0.1) is 0 Å². The minimum atomic E-state index is -0.523. The summed E-state index contributed by atoms with van der Waals surface area (Å²) in [7, 11) is 3.15. The molecular weight excluding hydrogens is 310 g/mol. The van der Waals surface area contributed by atoms with Crippen LogP contribution in [-0.4, -0.2) is 63.8 Å². The Labute approximate surface area is 139 Å². The normalized spacial score (nSPS) is 13.3. The largest absolute Gasteiger partial charge is 0.439 e. The van der Waals surface area contributed by atoms with Crippen LogP contribution in [0.4, 0.5) is 4.79 Å². The van der Waals surface area contributed by atoms with Gasteiger partial charge in [-0.15, -0.1) is 0 Å². The molecule has 0 aliphatic carbocycles. The third kappa shape index (κ3) is 3.37. The lowest BCUT2D eigenvalue weighted by molar-refractivity contribution is -0.135. The van der Waals surface area contributed by atoms with E-state index in [1.54, 1.807) is 36.1 Å². The van der Waals surface area contributed by atoms with Crippen LogP contribution < -0.4 is 0 Å². The van der Waals surface area contributed by atoms with Crippen molar-refractivity contribution < 1.29 is 14.3 Å². The monoisotopic (exact) mass is 329 g/mol. The van der Waals surface area contributed by atoms with Gasteiger partial charge < -0.3 is 14.5 Å². The van der Waals surface area contributed by atoms with Crippen LogP contribution in [0.2, 0.25) is 0 Å². The van der Waals surface area contributed by atoms with Crippen molar-refractivity contribution in [1.82, 2.24) is 24.6 Å². The maximum atomic E-state index is 12.2. The highest BCUT2D eigenvalue weighted by molar-refractivity contribution is 5.80. The Balaban J connectivity index is 1.65. The molecule has 0 saturated heterocycles. The third-order valence-corrected chi connectivity index (χ3v) is 3.80. The predicted octanol–water partition coefficient (Wildman–Crippen LogP) is 0.850. The number of rotatable bonds is 3. The number of amides is 2. The summed E-state index contributed by atoms with van der Waals surface area (Å²) >= 11 is 0. The van der Waals surface area contributed by atoms with Crippen molar-refractivity contribution in [2.24, 2.45) is 0 Å². The van der Waals surface area contributed by atoms with Gasteiger partial charge in [0, 0.05) is 51.6 Å². The lowest BCUT2D eigenvalue weighted by Crippen LogP contribution is -2.39. The van der Waals surface area contributed by atoms with Crippen molar-refractivity contribution in [1.29, 1.82) is 0 Å².